The van der Waals surface area contributed by atoms with Gasteiger partial charge in [0.2, 0.25) is 5.89 Å². The van der Waals surface area contributed by atoms with Crippen LogP contribution in [0, 0.1) is 12.8 Å². The number of esters is 1. The number of carbonyl (C=O) groups excluding carboxylic acids is 1. The van der Waals surface area contributed by atoms with Gasteiger partial charge in [0.25, 0.3) is 5.22 Å². The van der Waals surface area contributed by atoms with Crippen molar-refractivity contribution in [2.24, 2.45) is 5.92 Å². The van der Waals surface area contributed by atoms with E-state index in [-0.39, 0.29) is 5.97 Å². The van der Waals surface area contributed by atoms with Crippen molar-refractivity contribution in [1.29, 1.82) is 0 Å². The molecule has 0 aromatic carbocycles. The van der Waals surface area contributed by atoms with Crippen molar-refractivity contribution in [2.45, 2.75) is 43.9 Å². The molecule has 1 fully saturated rings. The third-order valence-electron chi connectivity index (χ3n) is 3.45. The molecular formula is C13H21N3O3S. The van der Waals surface area contributed by atoms with E-state index in [1.165, 1.54) is 18.9 Å². The summed E-state index contributed by atoms with van der Waals surface area (Å²) in [6, 6.07) is 0. The Hall–Kier alpha value is -1.08. The molecule has 112 valence electrons. The van der Waals surface area contributed by atoms with Gasteiger partial charge in [-0.05, 0) is 31.7 Å². The van der Waals surface area contributed by atoms with Crippen molar-refractivity contribution >= 4 is 17.7 Å². The van der Waals surface area contributed by atoms with Crippen molar-refractivity contribution in [3.8, 4) is 0 Å². The SMILES string of the molecule is CCCNC(CSc1nnc(C)o1)(C(=O)OC)C1CC1. The molecule has 0 amide bonds. The van der Waals surface area contributed by atoms with Crippen LogP contribution in [0.1, 0.15) is 32.1 Å². The number of methoxy groups -OCH3 is 1. The number of thioether (sulfide) groups is 1. The normalized spacial score (nSPS) is 17.8. The Morgan fingerprint density at radius 3 is 2.80 bits per heavy atom. The van der Waals surface area contributed by atoms with E-state index >= 15 is 0 Å². The average Bonchev–Trinajstić information content (AvgIpc) is 3.22. The van der Waals surface area contributed by atoms with Gasteiger partial charge in [0.05, 0.1) is 7.11 Å². The number of aryl methyl sites for hydroxylation is 1. The van der Waals surface area contributed by atoms with Crippen LogP contribution in [-0.2, 0) is 9.53 Å². The topological polar surface area (TPSA) is 77.3 Å². The first-order valence-electron chi connectivity index (χ1n) is 6.88. The summed E-state index contributed by atoms with van der Waals surface area (Å²) in [6.45, 7) is 4.62. The van der Waals surface area contributed by atoms with Crippen LogP contribution in [0.15, 0.2) is 9.64 Å². The Morgan fingerprint density at radius 2 is 2.30 bits per heavy atom. The summed E-state index contributed by atoms with van der Waals surface area (Å²) in [4.78, 5) is 12.3. The predicted molar refractivity (Wildman–Crippen MR) is 75.5 cm³/mol. The molecule has 1 N–H and O–H groups in total. The summed E-state index contributed by atoms with van der Waals surface area (Å²) in [7, 11) is 1.44. The van der Waals surface area contributed by atoms with Crippen LogP contribution in [0.25, 0.3) is 0 Å². The number of aromatic nitrogens is 2. The van der Waals surface area contributed by atoms with E-state index < -0.39 is 5.54 Å². The molecule has 0 aliphatic heterocycles. The molecule has 2 rings (SSSR count). The number of hydrogen-bond acceptors (Lipinski definition) is 7. The number of nitrogens with zero attached hydrogens (tertiary/aromatic N) is 2. The zero-order valence-electron chi connectivity index (χ0n) is 12.1. The van der Waals surface area contributed by atoms with Crippen molar-refractivity contribution in [1.82, 2.24) is 15.5 Å². The molecule has 0 bridgehead atoms. The van der Waals surface area contributed by atoms with E-state index in [1.54, 1.807) is 6.92 Å². The van der Waals surface area contributed by atoms with Gasteiger partial charge in [-0.2, -0.15) is 0 Å². The predicted octanol–water partition coefficient (Wildman–Crippen LogP) is 1.79. The molecule has 1 heterocycles. The minimum absolute atomic E-state index is 0.197. The minimum atomic E-state index is -0.641. The van der Waals surface area contributed by atoms with E-state index in [0.29, 0.717) is 22.8 Å². The van der Waals surface area contributed by atoms with Gasteiger partial charge in [-0.1, -0.05) is 18.7 Å². The van der Waals surface area contributed by atoms with Crippen molar-refractivity contribution in [3.05, 3.63) is 5.89 Å². The molecule has 1 aliphatic rings. The maximum Gasteiger partial charge on any atom is 0.327 e. The van der Waals surface area contributed by atoms with Crippen LogP contribution in [0.2, 0.25) is 0 Å². The lowest BCUT2D eigenvalue weighted by atomic mass is 9.95. The standard InChI is InChI=1S/C13H21N3O3S/c1-4-7-14-13(10-5-6-10,11(17)18-3)8-20-12-16-15-9(2)19-12/h10,14H,4-8H2,1-3H3. The van der Waals surface area contributed by atoms with Gasteiger partial charge in [0, 0.05) is 12.7 Å². The number of ether oxygens (including phenoxy) is 1. The Labute approximate surface area is 123 Å². The molecule has 1 atom stereocenters. The minimum Gasteiger partial charge on any atom is -0.468 e. The van der Waals surface area contributed by atoms with Gasteiger partial charge >= 0.3 is 5.97 Å². The quantitative estimate of drug-likeness (QED) is 0.579. The van der Waals surface area contributed by atoms with Crippen LogP contribution >= 0.6 is 11.8 Å². The monoisotopic (exact) mass is 299 g/mol. The summed E-state index contributed by atoms with van der Waals surface area (Å²) in [5.74, 6) is 1.21. The zero-order valence-corrected chi connectivity index (χ0v) is 13.0. The molecule has 1 unspecified atom stereocenters. The number of nitrogens with one attached hydrogen (secondary N) is 1. The lowest BCUT2D eigenvalue weighted by Gasteiger charge is -2.31. The van der Waals surface area contributed by atoms with Crippen LogP contribution in [0.5, 0.6) is 0 Å². The lowest BCUT2D eigenvalue weighted by Crippen LogP contribution is -2.57. The fourth-order valence-corrected chi connectivity index (χ4v) is 3.31. The van der Waals surface area contributed by atoms with Crippen LogP contribution < -0.4 is 5.32 Å². The van der Waals surface area contributed by atoms with Gasteiger partial charge in [-0.3, -0.25) is 4.79 Å². The van der Waals surface area contributed by atoms with E-state index in [9.17, 15) is 4.79 Å². The van der Waals surface area contributed by atoms with Gasteiger partial charge in [-0.25, -0.2) is 0 Å². The highest BCUT2D eigenvalue weighted by molar-refractivity contribution is 7.99. The molecule has 20 heavy (non-hydrogen) atoms. The third kappa shape index (κ3) is 3.32. The Morgan fingerprint density at radius 1 is 1.55 bits per heavy atom. The van der Waals surface area contributed by atoms with Gasteiger partial charge < -0.3 is 14.5 Å². The Balaban J connectivity index is 2.09. The third-order valence-corrected chi connectivity index (χ3v) is 4.46. The van der Waals surface area contributed by atoms with Gasteiger partial charge in [0.15, 0.2) is 0 Å². The molecule has 6 nitrogen and oxygen atoms in total. The highest BCUT2D eigenvalue weighted by Gasteiger charge is 2.51. The number of hydrogen-bond donors (Lipinski definition) is 1. The number of rotatable bonds is 8. The smallest absolute Gasteiger partial charge is 0.327 e. The lowest BCUT2D eigenvalue weighted by molar-refractivity contribution is -0.148. The van der Waals surface area contributed by atoms with E-state index in [2.05, 4.69) is 22.4 Å². The van der Waals surface area contributed by atoms with Crippen LogP contribution in [0.3, 0.4) is 0 Å². The van der Waals surface area contributed by atoms with Gasteiger partial charge in [-0.15, -0.1) is 10.2 Å². The molecule has 7 heteroatoms. The highest BCUT2D eigenvalue weighted by atomic mass is 32.2. The first kappa shape index (κ1) is 15.3. The number of carbonyl (C=O) groups is 1. The van der Waals surface area contributed by atoms with E-state index in [0.717, 1.165) is 25.8 Å². The molecule has 0 radical (unpaired) electrons. The van der Waals surface area contributed by atoms with Crippen LogP contribution in [0.4, 0.5) is 0 Å². The van der Waals surface area contributed by atoms with Crippen molar-refractivity contribution < 1.29 is 13.9 Å². The summed E-state index contributed by atoms with van der Waals surface area (Å²) in [5, 5.41) is 11.6. The maximum atomic E-state index is 12.3. The first-order valence-corrected chi connectivity index (χ1v) is 7.87. The molecular weight excluding hydrogens is 278 g/mol. The fourth-order valence-electron chi connectivity index (χ4n) is 2.23. The molecule has 0 spiro atoms. The maximum absolute atomic E-state index is 12.3. The molecule has 1 saturated carbocycles. The summed E-state index contributed by atoms with van der Waals surface area (Å²) >= 11 is 1.41. The second kappa shape index (κ2) is 6.58. The highest BCUT2D eigenvalue weighted by Crippen LogP contribution is 2.43. The Bertz CT molecular complexity index is 461. The van der Waals surface area contributed by atoms with E-state index in [1.807, 2.05) is 0 Å². The largest absolute Gasteiger partial charge is 0.468 e. The molecule has 1 aromatic rings. The van der Waals surface area contributed by atoms with Crippen LogP contribution in [-0.4, -0.2) is 41.1 Å². The van der Waals surface area contributed by atoms with Gasteiger partial charge in [0.1, 0.15) is 5.54 Å². The second-order valence-corrected chi connectivity index (χ2v) is 5.97. The summed E-state index contributed by atoms with van der Waals surface area (Å²) in [5.41, 5.74) is -0.641. The first-order chi connectivity index (χ1) is 9.62. The van der Waals surface area contributed by atoms with Crippen molar-refractivity contribution in [3.63, 3.8) is 0 Å². The average molecular weight is 299 g/mol. The van der Waals surface area contributed by atoms with Crippen molar-refractivity contribution in [2.75, 3.05) is 19.4 Å². The molecule has 1 aliphatic carbocycles. The fraction of sp³-hybridized carbons (Fsp3) is 0.769. The van der Waals surface area contributed by atoms with E-state index in [4.69, 9.17) is 9.15 Å². The summed E-state index contributed by atoms with van der Waals surface area (Å²) < 4.78 is 10.4. The second-order valence-electron chi connectivity index (χ2n) is 5.04. The molecule has 1 aromatic heterocycles. The zero-order chi connectivity index (χ0) is 14.6. The Kier molecular flexibility index (Phi) is 5.04. The molecule has 0 saturated heterocycles. The summed E-state index contributed by atoms with van der Waals surface area (Å²) in [6.07, 6.45) is 3.07.